The third-order valence-electron chi connectivity index (χ3n) is 2.73. The van der Waals surface area contributed by atoms with Crippen LogP contribution in [0, 0.1) is 13.8 Å². The molecule has 0 radical (unpaired) electrons. The van der Waals surface area contributed by atoms with Crippen molar-refractivity contribution in [2.75, 3.05) is 17.2 Å². The molecular weight excluding hydrogens is 272 g/mol. The van der Waals surface area contributed by atoms with Crippen LogP contribution in [0.2, 0.25) is 5.02 Å². The van der Waals surface area contributed by atoms with Gasteiger partial charge in [0.2, 0.25) is 0 Å². The molecule has 4 nitrogen and oxygen atoms in total. The molecule has 0 aliphatic carbocycles. The normalized spacial score (nSPS) is 10.2. The van der Waals surface area contributed by atoms with Crippen molar-refractivity contribution in [3.05, 3.63) is 53.3 Å². The number of nitrogens with one attached hydrogen (secondary N) is 2. The maximum Gasteiger partial charge on any atom is 0.136 e. The van der Waals surface area contributed by atoms with E-state index in [-0.39, 0.29) is 0 Å². The zero-order valence-electron chi connectivity index (χ0n) is 11.6. The average Bonchev–Trinajstić information content (AvgIpc) is 2.40. The van der Waals surface area contributed by atoms with E-state index >= 15 is 0 Å². The van der Waals surface area contributed by atoms with Crippen LogP contribution >= 0.6 is 11.6 Å². The minimum absolute atomic E-state index is 0.659. The van der Waals surface area contributed by atoms with Crippen molar-refractivity contribution < 1.29 is 0 Å². The van der Waals surface area contributed by atoms with Crippen LogP contribution < -0.4 is 10.6 Å². The molecule has 2 rings (SSSR count). The van der Waals surface area contributed by atoms with Crippen LogP contribution in [0.5, 0.6) is 0 Å². The van der Waals surface area contributed by atoms with Gasteiger partial charge < -0.3 is 10.6 Å². The summed E-state index contributed by atoms with van der Waals surface area (Å²) in [6.07, 6.45) is 1.78. The number of hydrogen-bond donors (Lipinski definition) is 2. The summed E-state index contributed by atoms with van der Waals surface area (Å²) in [5, 5.41) is 7.11. The van der Waals surface area contributed by atoms with Gasteiger partial charge in [0, 0.05) is 23.3 Å². The zero-order valence-corrected chi connectivity index (χ0v) is 12.3. The zero-order chi connectivity index (χ0) is 14.5. The summed E-state index contributed by atoms with van der Waals surface area (Å²) in [6.45, 7) is 8.21. The largest absolute Gasteiger partial charge is 0.366 e. The smallest absolute Gasteiger partial charge is 0.136 e. The van der Waals surface area contributed by atoms with Crippen LogP contribution in [0.25, 0.3) is 0 Å². The summed E-state index contributed by atoms with van der Waals surface area (Å²) in [5.74, 6) is 2.19. The highest BCUT2D eigenvalue weighted by molar-refractivity contribution is 6.30. The Balaban J connectivity index is 2.26. The molecule has 1 heterocycles. The van der Waals surface area contributed by atoms with E-state index in [1.54, 1.807) is 6.08 Å². The quantitative estimate of drug-likeness (QED) is 0.814. The van der Waals surface area contributed by atoms with Gasteiger partial charge in [0.15, 0.2) is 0 Å². The van der Waals surface area contributed by atoms with E-state index in [2.05, 4.69) is 27.2 Å². The van der Waals surface area contributed by atoms with Crippen molar-refractivity contribution in [2.24, 2.45) is 0 Å². The van der Waals surface area contributed by atoms with Crippen molar-refractivity contribution in [1.82, 2.24) is 9.97 Å². The number of halogens is 1. The monoisotopic (exact) mass is 288 g/mol. The van der Waals surface area contributed by atoms with Crippen LogP contribution in [-0.4, -0.2) is 16.5 Å². The summed E-state index contributed by atoms with van der Waals surface area (Å²) in [4.78, 5) is 8.69. The summed E-state index contributed by atoms with van der Waals surface area (Å²) in [5.41, 5.74) is 2.04. The van der Waals surface area contributed by atoms with Crippen molar-refractivity contribution in [3.63, 3.8) is 0 Å². The summed E-state index contributed by atoms with van der Waals surface area (Å²) in [6, 6.07) is 7.57. The van der Waals surface area contributed by atoms with E-state index < -0.39 is 0 Å². The maximum absolute atomic E-state index is 6.02. The Morgan fingerprint density at radius 2 is 1.95 bits per heavy atom. The standard InChI is InChI=1S/C15H17ClN4/c1-4-7-17-14-9-15(19-11(3)18-14)20-13-8-12(16)6-5-10(13)2/h4-6,8-9H,1,7H2,2-3H3,(H2,17,18,19,20). The van der Waals surface area contributed by atoms with Crippen LogP contribution in [0.3, 0.4) is 0 Å². The lowest BCUT2D eigenvalue weighted by Crippen LogP contribution is -2.05. The van der Waals surface area contributed by atoms with Crippen molar-refractivity contribution in [3.8, 4) is 0 Å². The second kappa shape index (κ2) is 6.39. The number of anilines is 3. The molecule has 0 amide bonds. The fourth-order valence-electron chi connectivity index (χ4n) is 1.77. The van der Waals surface area contributed by atoms with Crippen molar-refractivity contribution in [1.29, 1.82) is 0 Å². The third-order valence-corrected chi connectivity index (χ3v) is 2.96. The van der Waals surface area contributed by atoms with Gasteiger partial charge in [0.05, 0.1) is 0 Å². The topological polar surface area (TPSA) is 49.8 Å². The van der Waals surface area contributed by atoms with Gasteiger partial charge in [-0.1, -0.05) is 23.7 Å². The van der Waals surface area contributed by atoms with Gasteiger partial charge in [-0.3, -0.25) is 0 Å². The first-order valence-electron chi connectivity index (χ1n) is 6.32. The molecule has 0 unspecified atom stereocenters. The maximum atomic E-state index is 6.02. The highest BCUT2D eigenvalue weighted by Crippen LogP contribution is 2.24. The molecule has 20 heavy (non-hydrogen) atoms. The molecule has 1 aromatic carbocycles. The molecule has 2 N–H and O–H groups in total. The Morgan fingerprint density at radius 3 is 2.70 bits per heavy atom. The number of nitrogens with zero attached hydrogens (tertiary/aromatic N) is 2. The summed E-state index contributed by atoms with van der Waals surface area (Å²) in [7, 11) is 0. The Morgan fingerprint density at radius 1 is 1.20 bits per heavy atom. The molecule has 1 aromatic heterocycles. The Hall–Kier alpha value is -2.07. The molecule has 0 fully saturated rings. The number of rotatable bonds is 5. The van der Waals surface area contributed by atoms with E-state index in [4.69, 9.17) is 11.6 Å². The molecule has 0 saturated carbocycles. The lowest BCUT2D eigenvalue weighted by atomic mass is 10.2. The summed E-state index contributed by atoms with van der Waals surface area (Å²) < 4.78 is 0. The van der Waals surface area contributed by atoms with Gasteiger partial charge in [-0.25, -0.2) is 9.97 Å². The SMILES string of the molecule is C=CCNc1cc(Nc2cc(Cl)ccc2C)nc(C)n1. The van der Waals surface area contributed by atoms with Gasteiger partial charge in [0.25, 0.3) is 0 Å². The fraction of sp³-hybridized carbons (Fsp3) is 0.200. The number of aromatic nitrogens is 2. The highest BCUT2D eigenvalue weighted by atomic mass is 35.5. The van der Waals surface area contributed by atoms with Gasteiger partial charge >= 0.3 is 0 Å². The molecular formula is C15H17ClN4. The molecule has 104 valence electrons. The molecule has 0 bridgehead atoms. The second-order valence-corrected chi connectivity index (χ2v) is 4.88. The molecule has 0 saturated heterocycles. The lowest BCUT2D eigenvalue weighted by molar-refractivity contribution is 1.05. The molecule has 0 aliphatic rings. The van der Waals surface area contributed by atoms with Crippen LogP contribution in [0.15, 0.2) is 36.9 Å². The van der Waals surface area contributed by atoms with Gasteiger partial charge in [0.1, 0.15) is 17.5 Å². The first kappa shape index (κ1) is 14.3. The number of hydrogen-bond acceptors (Lipinski definition) is 4. The Bertz CT molecular complexity index is 625. The first-order chi connectivity index (χ1) is 9.58. The Labute approximate surface area is 123 Å². The Kier molecular flexibility index (Phi) is 4.58. The van der Waals surface area contributed by atoms with E-state index in [0.717, 1.165) is 22.9 Å². The minimum atomic E-state index is 0.659. The highest BCUT2D eigenvalue weighted by Gasteiger charge is 2.04. The van der Waals surface area contributed by atoms with E-state index in [1.807, 2.05) is 38.1 Å². The molecule has 0 aliphatic heterocycles. The van der Waals surface area contributed by atoms with E-state index in [1.165, 1.54) is 0 Å². The number of aryl methyl sites for hydroxylation is 2. The molecule has 0 atom stereocenters. The van der Waals surface area contributed by atoms with E-state index in [9.17, 15) is 0 Å². The van der Waals surface area contributed by atoms with Crippen LogP contribution in [0.1, 0.15) is 11.4 Å². The lowest BCUT2D eigenvalue weighted by Gasteiger charge is -2.11. The van der Waals surface area contributed by atoms with Gasteiger partial charge in [-0.2, -0.15) is 0 Å². The summed E-state index contributed by atoms with van der Waals surface area (Å²) >= 11 is 6.02. The van der Waals surface area contributed by atoms with Crippen LogP contribution in [0.4, 0.5) is 17.3 Å². The molecule has 2 aromatic rings. The number of benzene rings is 1. The third kappa shape index (κ3) is 3.71. The van der Waals surface area contributed by atoms with Gasteiger partial charge in [-0.15, -0.1) is 6.58 Å². The fourth-order valence-corrected chi connectivity index (χ4v) is 1.94. The van der Waals surface area contributed by atoms with Crippen molar-refractivity contribution in [2.45, 2.75) is 13.8 Å². The predicted molar refractivity (Wildman–Crippen MR) is 84.9 cm³/mol. The molecule has 5 heteroatoms. The predicted octanol–water partition coefficient (Wildman–Crippen LogP) is 4.09. The first-order valence-corrected chi connectivity index (χ1v) is 6.70. The van der Waals surface area contributed by atoms with Crippen molar-refractivity contribution >= 4 is 28.9 Å². The second-order valence-electron chi connectivity index (χ2n) is 4.44. The van der Waals surface area contributed by atoms with E-state index in [0.29, 0.717) is 17.4 Å². The van der Waals surface area contributed by atoms with Gasteiger partial charge in [-0.05, 0) is 31.5 Å². The average molecular weight is 289 g/mol. The minimum Gasteiger partial charge on any atom is -0.366 e. The van der Waals surface area contributed by atoms with Crippen LogP contribution in [-0.2, 0) is 0 Å². The molecule has 0 spiro atoms.